The van der Waals surface area contributed by atoms with Crippen molar-refractivity contribution in [3.63, 3.8) is 0 Å². The summed E-state index contributed by atoms with van der Waals surface area (Å²) in [5.41, 5.74) is -0.395. The Hall–Kier alpha value is -0.460. The second-order valence-electron chi connectivity index (χ2n) is 3.17. The summed E-state index contributed by atoms with van der Waals surface area (Å²) in [5.74, 6) is 0. The van der Waals surface area contributed by atoms with Crippen molar-refractivity contribution in [1.29, 1.82) is 0 Å². The van der Waals surface area contributed by atoms with Crippen LogP contribution in [0, 0.1) is 0 Å². The van der Waals surface area contributed by atoms with Crippen LogP contribution in [0.1, 0.15) is 19.0 Å². The van der Waals surface area contributed by atoms with Crippen molar-refractivity contribution < 1.29 is 9.84 Å². The minimum atomic E-state index is -1.04. The fraction of sp³-hybridized carbons (Fsp3) is 0.750. The van der Waals surface area contributed by atoms with Crippen molar-refractivity contribution in [2.45, 2.75) is 18.9 Å². The Morgan fingerprint density at radius 1 is 1.64 bits per heavy atom. The van der Waals surface area contributed by atoms with E-state index in [9.17, 15) is 5.11 Å². The lowest BCUT2D eigenvalue weighted by Crippen LogP contribution is -2.33. The number of halogens is 1. The minimum absolute atomic E-state index is 0.226. The van der Waals surface area contributed by atoms with Crippen molar-refractivity contribution in [3.8, 4) is 0 Å². The third-order valence-electron chi connectivity index (χ3n) is 2.19. The van der Waals surface area contributed by atoms with E-state index in [1.165, 1.54) is 0 Å². The highest BCUT2D eigenvalue weighted by Gasteiger charge is 2.33. The lowest BCUT2D eigenvalue weighted by molar-refractivity contribution is -0.0448. The van der Waals surface area contributed by atoms with E-state index >= 15 is 0 Å². The summed E-state index contributed by atoms with van der Waals surface area (Å²) in [4.78, 5) is 0. The highest BCUT2D eigenvalue weighted by Crippen LogP contribution is 2.29. The Labute approximate surface area is 91.2 Å². The first-order valence-corrected chi connectivity index (χ1v) is 5.11. The van der Waals surface area contributed by atoms with E-state index in [2.05, 4.69) is 26.2 Å². The van der Waals surface area contributed by atoms with E-state index in [4.69, 9.17) is 4.74 Å². The molecule has 0 aliphatic carbocycles. The van der Waals surface area contributed by atoms with Crippen LogP contribution < -0.4 is 0 Å². The molecule has 0 aliphatic heterocycles. The van der Waals surface area contributed by atoms with Crippen LogP contribution >= 0.6 is 15.9 Å². The maximum atomic E-state index is 10.3. The summed E-state index contributed by atoms with van der Waals surface area (Å²) in [6, 6.07) is 0. The number of rotatable bonds is 4. The quantitative estimate of drug-likeness (QED) is 0.874. The van der Waals surface area contributed by atoms with Crippen LogP contribution in [0.4, 0.5) is 0 Å². The molecule has 0 saturated heterocycles. The molecular formula is C8H14BrN3O2. The summed E-state index contributed by atoms with van der Waals surface area (Å²) in [6.07, 6.45) is 0.542. The number of ether oxygens (including phenoxy) is 1. The lowest BCUT2D eigenvalue weighted by atomic mass is 9.98. The van der Waals surface area contributed by atoms with Gasteiger partial charge in [0.15, 0.2) is 4.60 Å². The monoisotopic (exact) mass is 263 g/mol. The number of methoxy groups -OCH3 is 1. The van der Waals surface area contributed by atoms with Gasteiger partial charge in [0.1, 0.15) is 11.3 Å². The van der Waals surface area contributed by atoms with Gasteiger partial charge in [0.05, 0.1) is 6.61 Å². The second kappa shape index (κ2) is 4.37. The molecular weight excluding hydrogens is 250 g/mol. The van der Waals surface area contributed by atoms with E-state index in [0.29, 0.717) is 16.7 Å². The topological polar surface area (TPSA) is 60.2 Å². The largest absolute Gasteiger partial charge is 0.381 e. The summed E-state index contributed by atoms with van der Waals surface area (Å²) in [5, 5.41) is 17.9. The number of hydrogen-bond donors (Lipinski definition) is 1. The van der Waals surface area contributed by atoms with Gasteiger partial charge >= 0.3 is 0 Å². The van der Waals surface area contributed by atoms with Gasteiger partial charge in [-0.1, -0.05) is 12.1 Å². The average Bonchev–Trinajstić information content (AvgIpc) is 2.47. The van der Waals surface area contributed by atoms with Crippen LogP contribution in [-0.4, -0.2) is 33.8 Å². The van der Waals surface area contributed by atoms with Crippen LogP contribution in [0.5, 0.6) is 0 Å². The Balaban J connectivity index is 3.11. The molecule has 0 bridgehead atoms. The van der Waals surface area contributed by atoms with Gasteiger partial charge in [-0.15, -0.1) is 5.10 Å². The van der Waals surface area contributed by atoms with Crippen LogP contribution in [0.2, 0.25) is 0 Å². The number of aromatic nitrogens is 3. The SMILES string of the molecule is CCC(O)(COC)c1c(Br)nnn1C. The molecule has 0 spiro atoms. The number of nitrogens with zero attached hydrogens (tertiary/aromatic N) is 3. The van der Waals surface area contributed by atoms with E-state index in [0.717, 1.165) is 0 Å². The smallest absolute Gasteiger partial charge is 0.154 e. The molecule has 5 nitrogen and oxygen atoms in total. The normalized spacial score (nSPS) is 15.5. The molecule has 14 heavy (non-hydrogen) atoms. The lowest BCUT2D eigenvalue weighted by Gasteiger charge is -2.25. The third kappa shape index (κ3) is 1.97. The molecule has 0 aromatic carbocycles. The molecule has 1 aromatic rings. The molecule has 0 saturated carbocycles. The van der Waals surface area contributed by atoms with Crippen molar-refractivity contribution in [2.24, 2.45) is 7.05 Å². The maximum absolute atomic E-state index is 10.3. The molecule has 1 rings (SSSR count). The van der Waals surface area contributed by atoms with E-state index < -0.39 is 5.60 Å². The molecule has 6 heteroatoms. The standard InChI is InChI=1S/C8H14BrN3O2/c1-4-8(13,5-14-3)6-7(9)10-11-12(6)2/h13H,4-5H2,1-3H3. The molecule has 0 radical (unpaired) electrons. The van der Waals surface area contributed by atoms with E-state index in [1.807, 2.05) is 6.92 Å². The molecule has 0 amide bonds. The van der Waals surface area contributed by atoms with Crippen molar-refractivity contribution in [2.75, 3.05) is 13.7 Å². The van der Waals surface area contributed by atoms with Gasteiger partial charge in [-0.25, -0.2) is 4.68 Å². The van der Waals surface area contributed by atoms with Crippen LogP contribution in [0.15, 0.2) is 4.60 Å². The Kier molecular flexibility index (Phi) is 3.63. The zero-order valence-corrected chi connectivity index (χ0v) is 10.1. The predicted octanol–water partition coefficient (Wildman–Crippen LogP) is 0.822. The molecule has 1 unspecified atom stereocenters. The van der Waals surface area contributed by atoms with Crippen molar-refractivity contribution >= 4 is 15.9 Å². The van der Waals surface area contributed by atoms with E-state index in [1.54, 1.807) is 18.8 Å². The first-order chi connectivity index (χ1) is 6.55. The third-order valence-corrected chi connectivity index (χ3v) is 2.73. The predicted molar refractivity (Wildman–Crippen MR) is 54.8 cm³/mol. The van der Waals surface area contributed by atoms with Gasteiger partial charge in [0.25, 0.3) is 0 Å². The van der Waals surface area contributed by atoms with Crippen molar-refractivity contribution in [3.05, 3.63) is 10.3 Å². The molecule has 80 valence electrons. The van der Waals surface area contributed by atoms with Crippen LogP contribution in [0.25, 0.3) is 0 Å². The van der Waals surface area contributed by atoms with Gasteiger partial charge in [-0.05, 0) is 22.4 Å². The van der Waals surface area contributed by atoms with Gasteiger partial charge < -0.3 is 9.84 Å². The van der Waals surface area contributed by atoms with E-state index in [-0.39, 0.29) is 6.61 Å². The van der Waals surface area contributed by atoms with Gasteiger partial charge in [0, 0.05) is 14.2 Å². The summed E-state index contributed by atoms with van der Waals surface area (Å²) >= 11 is 3.25. The molecule has 0 fully saturated rings. The number of aryl methyl sites for hydroxylation is 1. The van der Waals surface area contributed by atoms with Crippen LogP contribution in [-0.2, 0) is 17.4 Å². The fourth-order valence-corrected chi connectivity index (χ4v) is 2.10. The minimum Gasteiger partial charge on any atom is -0.381 e. The molecule has 1 atom stereocenters. The highest BCUT2D eigenvalue weighted by atomic mass is 79.9. The summed E-state index contributed by atoms with van der Waals surface area (Å²) in [6.45, 7) is 2.11. The maximum Gasteiger partial charge on any atom is 0.154 e. The molecule has 1 heterocycles. The van der Waals surface area contributed by atoms with Gasteiger partial charge in [-0.3, -0.25) is 0 Å². The van der Waals surface area contributed by atoms with Gasteiger partial charge in [-0.2, -0.15) is 0 Å². The fourth-order valence-electron chi connectivity index (χ4n) is 1.40. The number of aliphatic hydroxyl groups is 1. The molecule has 1 aromatic heterocycles. The Morgan fingerprint density at radius 2 is 2.29 bits per heavy atom. The summed E-state index contributed by atoms with van der Waals surface area (Å²) in [7, 11) is 3.29. The van der Waals surface area contributed by atoms with Crippen molar-refractivity contribution in [1.82, 2.24) is 15.0 Å². The average molecular weight is 264 g/mol. The Morgan fingerprint density at radius 3 is 2.64 bits per heavy atom. The Bertz CT molecular complexity index is 296. The van der Waals surface area contributed by atoms with Crippen LogP contribution in [0.3, 0.4) is 0 Å². The second-order valence-corrected chi connectivity index (χ2v) is 3.92. The number of hydrogen-bond acceptors (Lipinski definition) is 4. The first kappa shape index (κ1) is 11.6. The summed E-state index contributed by atoms with van der Waals surface area (Å²) < 4.78 is 7.10. The first-order valence-electron chi connectivity index (χ1n) is 4.32. The van der Waals surface area contributed by atoms with Gasteiger partial charge in [0.2, 0.25) is 0 Å². The molecule has 0 aliphatic rings. The zero-order chi connectivity index (χ0) is 10.8. The highest BCUT2D eigenvalue weighted by molar-refractivity contribution is 9.10. The zero-order valence-electron chi connectivity index (χ0n) is 8.49. The molecule has 1 N–H and O–H groups in total.